The van der Waals surface area contributed by atoms with Gasteiger partial charge in [0.25, 0.3) is 0 Å². The Morgan fingerprint density at radius 1 is 1.28 bits per heavy atom. The van der Waals surface area contributed by atoms with Gasteiger partial charge in [0.15, 0.2) is 22.4 Å². The number of aromatic nitrogens is 4. The summed E-state index contributed by atoms with van der Waals surface area (Å²) in [5.41, 5.74) is 6.66. The zero-order valence-electron chi connectivity index (χ0n) is 12.8. The average Bonchev–Trinajstić information content (AvgIpc) is 3.03. The van der Waals surface area contributed by atoms with E-state index < -0.39 is 5.97 Å². The molecule has 0 bridgehead atoms. The number of nitrogens with zero attached hydrogens (tertiary/aromatic N) is 3. The lowest BCUT2D eigenvalue weighted by molar-refractivity contribution is -0.118. The number of rotatable bonds is 7. The summed E-state index contributed by atoms with van der Waals surface area (Å²) in [5, 5.41) is 9.56. The number of hydrogen-bond donors (Lipinski definition) is 3. The Labute approximate surface area is 145 Å². The molecule has 0 amide bonds. The highest BCUT2D eigenvalue weighted by atomic mass is 32.2. The van der Waals surface area contributed by atoms with Crippen LogP contribution in [0.2, 0.25) is 0 Å². The fourth-order valence-electron chi connectivity index (χ4n) is 2.01. The molecule has 0 aliphatic rings. The number of imidazole rings is 1. The van der Waals surface area contributed by atoms with Crippen LogP contribution in [0.4, 0.5) is 5.82 Å². The number of nitrogens with two attached hydrogens (primary N) is 1. The van der Waals surface area contributed by atoms with Crippen molar-refractivity contribution in [3.63, 3.8) is 0 Å². The van der Waals surface area contributed by atoms with E-state index in [9.17, 15) is 9.59 Å². The van der Waals surface area contributed by atoms with Crippen molar-refractivity contribution in [3.8, 4) is 5.75 Å². The summed E-state index contributed by atoms with van der Waals surface area (Å²) >= 11 is 1.17. The largest absolute Gasteiger partial charge is 0.485 e. The fraction of sp³-hybridized carbons (Fsp3) is 0.133. The molecule has 0 fully saturated rings. The first-order valence-corrected chi connectivity index (χ1v) is 8.09. The smallest absolute Gasteiger partial charge is 0.339 e. The molecule has 0 atom stereocenters. The normalized spacial score (nSPS) is 10.7. The number of hydrogen-bond acceptors (Lipinski definition) is 8. The van der Waals surface area contributed by atoms with Gasteiger partial charge in [0.2, 0.25) is 0 Å². The average molecular weight is 359 g/mol. The van der Waals surface area contributed by atoms with E-state index in [1.54, 1.807) is 12.1 Å². The molecule has 0 saturated heterocycles. The summed E-state index contributed by atoms with van der Waals surface area (Å²) < 4.78 is 5.31. The van der Waals surface area contributed by atoms with Gasteiger partial charge in [0.05, 0.1) is 5.75 Å². The van der Waals surface area contributed by atoms with Crippen LogP contribution in [0, 0.1) is 0 Å². The molecule has 25 heavy (non-hydrogen) atoms. The third-order valence-corrected chi connectivity index (χ3v) is 4.11. The van der Waals surface area contributed by atoms with Crippen molar-refractivity contribution in [1.82, 2.24) is 19.9 Å². The lowest BCUT2D eigenvalue weighted by Crippen LogP contribution is -2.15. The fourth-order valence-corrected chi connectivity index (χ4v) is 2.72. The van der Waals surface area contributed by atoms with Crippen molar-refractivity contribution in [2.45, 2.75) is 5.16 Å². The molecule has 0 radical (unpaired) electrons. The molecular formula is C15H13N5O4S. The first-order chi connectivity index (χ1) is 12.0. The number of aromatic carboxylic acids is 1. The van der Waals surface area contributed by atoms with Gasteiger partial charge in [0, 0.05) is 0 Å². The van der Waals surface area contributed by atoms with Gasteiger partial charge >= 0.3 is 5.97 Å². The number of carbonyl (C=O) groups excluding carboxylic acids is 1. The number of para-hydroxylation sites is 1. The minimum Gasteiger partial charge on any atom is -0.485 e. The number of carboxylic acid groups (broad SMARTS) is 1. The van der Waals surface area contributed by atoms with Gasteiger partial charge in [-0.05, 0) is 12.1 Å². The number of fused-ring (bicyclic) bond motifs is 1. The van der Waals surface area contributed by atoms with Gasteiger partial charge in [-0.3, -0.25) is 4.79 Å². The first kappa shape index (κ1) is 16.7. The van der Waals surface area contributed by atoms with Crippen LogP contribution in [0.3, 0.4) is 0 Å². The Morgan fingerprint density at radius 3 is 2.84 bits per heavy atom. The number of anilines is 1. The van der Waals surface area contributed by atoms with Crippen LogP contribution in [-0.4, -0.2) is 49.2 Å². The molecule has 0 saturated carbocycles. The summed E-state index contributed by atoms with van der Waals surface area (Å²) in [6, 6.07) is 6.15. The summed E-state index contributed by atoms with van der Waals surface area (Å²) in [4.78, 5) is 38.0. The number of nitrogen functional groups attached to an aromatic ring is 1. The number of H-pyrrole nitrogens is 1. The molecule has 2 heterocycles. The summed E-state index contributed by atoms with van der Waals surface area (Å²) in [6.45, 7) is -0.237. The topological polar surface area (TPSA) is 144 Å². The van der Waals surface area contributed by atoms with Gasteiger partial charge in [-0.2, -0.15) is 0 Å². The second-order valence-corrected chi connectivity index (χ2v) is 5.88. The van der Waals surface area contributed by atoms with E-state index >= 15 is 0 Å². The Bertz CT molecular complexity index is 943. The molecule has 0 aliphatic carbocycles. The molecule has 0 aliphatic heterocycles. The first-order valence-electron chi connectivity index (χ1n) is 7.10. The maximum atomic E-state index is 12.0. The van der Waals surface area contributed by atoms with Crippen molar-refractivity contribution in [3.05, 3.63) is 36.2 Å². The van der Waals surface area contributed by atoms with Gasteiger partial charge in [-0.1, -0.05) is 23.9 Å². The van der Waals surface area contributed by atoms with E-state index in [1.807, 2.05) is 0 Å². The van der Waals surface area contributed by atoms with Gasteiger partial charge in [-0.25, -0.2) is 19.7 Å². The molecule has 2 aromatic heterocycles. The molecule has 4 N–H and O–H groups in total. The quantitative estimate of drug-likeness (QED) is 0.533. The molecule has 1 aromatic carbocycles. The van der Waals surface area contributed by atoms with Gasteiger partial charge in [0.1, 0.15) is 29.8 Å². The number of carbonyl (C=O) groups is 2. The Kier molecular flexibility index (Phi) is 4.80. The van der Waals surface area contributed by atoms with Crippen molar-refractivity contribution in [2.75, 3.05) is 18.1 Å². The molecule has 0 unspecified atom stereocenters. The van der Waals surface area contributed by atoms with Crippen LogP contribution in [0.1, 0.15) is 10.4 Å². The number of carboxylic acids is 1. The second-order valence-electron chi connectivity index (χ2n) is 4.92. The van der Waals surface area contributed by atoms with E-state index in [0.717, 1.165) is 0 Å². The van der Waals surface area contributed by atoms with E-state index in [4.69, 9.17) is 15.6 Å². The van der Waals surface area contributed by atoms with Crippen molar-refractivity contribution in [2.24, 2.45) is 0 Å². The van der Waals surface area contributed by atoms with Crippen molar-refractivity contribution >= 4 is 40.5 Å². The number of ether oxygens (including phenoxy) is 1. The van der Waals surface area contributed by atoms with E-state index in [1.165, 1.54) is 30.2 Å². The van der Waals surface area contributed by atoms with E-state index in [2.05, 4.69) is 19.9 Å². The minimum atomic E-state index is -1.11. The van der Waals surface area contributed by atoms with Crippen LogP contribution < -0.4 is 10.5 Å². The van der Waals surface area contributed by atoms with Gasteiger partial charge < -0.3 is 20.6 Å². The Hall–Kier alpha value is -3.14. The predicted molar refractivity (Wildman–Crippen MR) is 90.7 cm³/mol. The standard InChI is InChI=1S/C15H13N5O4S/c16-12-11-13(18-7-17-12)20-15(19-11)25-6-8(21)5-24-10-4-2-1-3-9(10)14(22)23/h1-4,7H,5-6H2,(H,22,23)(H3,16,17,18,19,20). The highest BCUT2D eigenvalue weighted by Gasteiger charge is 2.13. The zero-order valence-corrected chi connectivity index (χ0v) is 13.6. The molecular weight excluding hydrogens is 346 g/mol. The number of thioether (sulfide) groups is 1. The number of aromatic amines is 1. The van der Waals surface area contributed by atoms with Crippen LogP contribution in [0.25, 0.3) is 11.2 Å². The van der Waals surface area contributed by atoms with Gasteiger partial charge in [-0.15, -0.1) is 0 Å². The summed E-state index contributed by atoms with van der Waals surface area (Å²) in [7, 11) is 0. The highest BCUT2D eigenvalue weighted by molar-refractivity contribution is 7.99. The SMILES string of the molecule is Nc1ncnc2nc(SCC(=O)COc3ccccc3C(=O)O)[nH]c12. The number of ketones is 1. The van der Waals surface area contributed by atoms with Crippen molar-refractivity contribution in [1.29, 1.82) is 0 Å². The number of Topliss-reactive ketones (excluding diaryl/α,β-unsaturated/α-hetero) is 1. The third-order valence-electron chi connectivity index (χ3n) is 3.17. The minimum absolute atomic E-state index is 0.00860. The number of nitrogens with one attached hydrogen (secondary N) is 1. The van der Waals surface area contributed by atoms with Crippen LogP contribution >= 0.6 is 11.8 Å². The lowest BCUT2D eigenvalue weighted by Gasteiger charge is -2.07. The maximum Gasteiger partial charge on any atom is 0.339 e. The Morgan fingerprint density at radius 2 is 2.08 bits per heavy atom. The third kappa shape index (κ3) is 3.86. The second kappa shape index (κ2) is 7.18. The Balaban J connectivity index is 1.58. The summed E-state index contributed by atoms with van der Waals surface area (Å²) in [5.74, 6) is -0.796. The highest BCUT2D eigenvalue weighted by Crippen LogP contribution is 2.21. The molecule has 10 heteroatoms. The maximum absolute atomic E-state index is 12.0. The predicted octanol–water partition coefficient (Wildman–Crippen LogP) is 1.37. The van der Waals surface area contributed by atoms with E-state index in [0.29, 0.717) is 16.3 Å². The molecule has 3 aromatic rings. The van der Waals surface area contributed by atoms with Crippen LogP contribution in [0.5, 0.6) is 5.75 Å². The molecule has 3 rings (SSSR count). The molecule has 0 spiro atoms. The number of benzene rings is 1. The van der Waals surface area contributed by atoms with Crippen LogP contribution in [0.15, 0.2) is 35.7 Å². The van der Waals surface area contributed by atoms with Crippen molar-refractivity contribution < 1.29 is 19.4 Å². The zero-order chi connectivity index (χ0) is 17.8. The molecule has 128 valence electrons. The monoisotopic (exact) mass is 359 g/mol. The molecule has 9 nitrogen and oxygen atoms in total. The van der Waals surface area contributed by atoms with Crippen LogP contribution in [-0.2, 0) is 4.79 Å². The lowest BCUT2D eigenvalue weighted by atomic mass is 10.2. The summed E-state index contributed by atoms with van der Waals surface area (Å²) in [6.07, 6.45) is 1.31. The van der Waals surface area contributed by atoms with E-state index in [-0.39, 0.29) is 35.3 Å².